The second-order valence-corrected chi connectivity index (χ2v) is 5.30. The molecule has 7 nitrogen and oxygen atoms in total. The molecule has 1 amide bonds. The van der Waals surface area contributed by atoms with Gasteiger partial charge in [0.2, 0.25) is 5.91 Å². The maximum atomic E-state index is 11.9. The smallest absolute Gasteiger partial charge is 0.222 e. The van der Waals surface area contributed by atoms with Gasteiger partial charge in [-0.05, 0) is 13.8 Å². The van der Waals surface area contributed by atoms with Gasteiger partial charge in [0.05, 0.1) is 31.9 Å². The van der Waals surface area contributed by atoms with Gasteiger partial charge in [-0.2, -0.15) is 0 Å². The number of hydrogen-bond acceptors (Lipinski definition) is 5. The van der Waals surface area contributed by atoms with Gasteiger partial charge in [-0.25, -0.2) is 0 Å². The van der Waals surface area contributed by atoms with Gasteiger partial charge in [-0.15, -0.1) is 5.10 Å². The Morgan fingerprint density at radius 2 is 2.40 bits per heavy atom. The minimum absolute atomic E-state index is 0.00230. The predicted octanol–water partition coefficient (Wildman–Crippen LogP) is -0.106. The van der Waals surface area contributed by atoms with Gasteiger partial charge < -0.3 is 10.1 Å². The molecule has 0 radical (unpaired) electrons. The maximum Gasteiger partial charge on any atom is 0.222 e. The molecule has 0 spiro atoms. The first kappa shape index (κ1) is 14.9. The SMILES string of the molecule is CC(C)N1CCO[C@@H](CC(=O)NCCn2ccnn2)C1. The lowest BCUT2D eigenvalue weighted by atomic mass is 10.1. The monoisotopic (exact) mass is 281 g/mol. The van der Waals surface area contributed by atoms with Crippen molar-refractivity contribution >= 4 is 5.91 Å². The van der Waals surface area contributed by atoms with Gasteiger partial charge in [0, 0.05) is 31.9 Å². The molecule has 1 fully saturated rings. The van der Waals surface area contributed by atoms with Crippen molar-refractivity contribution in [2.24, 2.45) is 0 Å². The normalized spacial score (nSPS) is 20.2. The van der Waals surface area contributed by atoms with E-state index in [1.807, 2.05) is 0 Å². The molecule has 1 aliphatic rings. The number of carbonyl (C=O) groups excluding carboxylic acids is 1. The number of amides is 1. The summed E-state index contributed by atoms with van der Waals surface area (Å²) < 4.78 is 7.34. The highest BCUT2D eigenvalue weighted by Gasteiger charge is 2.24. The third kappa shape index (κ3) is 4.57. The van der Waals surface area contributed by atoms with Gasteiger partial charge in [-0.3, -0.25) is 14.4 Å². The fourth-order valence-corrected chi connectivity index (χ4v) is 2.28. The third-order valence-corrected chi connectivity index (χ3v) is 3.45. The molecule has 1 aromatic rings. The molecule has 1 aromatic heterocycles. The van der Waals surface area contributed by atoms with Crippen LogP contribution in [0.25, 0.3) is 0 Å². The van der Waals surface area contributed by atoms with Crippen LogP contribution >= 0.6 is 0 Å². The Balaban J connectivity index is 1.66. The molecule has 20 heavy (non-hydrogen) atoms. The van der Waals surface area contributed by atoms with Crippen LogP contribution in [0.5, 0.6) is 0 Å². The summed E-state index contributed by atoms with van der Waals surface area (Å²) in [5.41, 5.74) is 0. The van der Waals surface area contributed by atoms with Crippen molar-refractivity contribution in [2.45, 2.75) is 39.0 Å². The highest BCUT2D eigenvalue weighted by Crippen LogP contribution is 2.11. The summed E-state index contributed by atoms with van der Waals surface area (Å²) >= 11 is 0. The van der Waals surface area contributed by atoms with Crippen LogP contribution in [0.1, 0.15) is 20.3 Å². The number of aromatic nitrogens is 3. The molecule has 1 saturated heterocycles. The molecular formula is C13H23N5O2. The Labute approximate surface area is 119 Å². The van der Waals surface area contributed by atoms with E-state index >= 15 is 0 Å². The maximum absolute atomic E-state index is 11.9. The van der Waals surface area contributed by atoms with E-state index in [1.165, 1.54) is 0 Å². The van der Waals surface area contributed by atoms with Crippen molar-refractivity contribution in [3.05, 3.63) is 12.4 Å². The third-order valence-electron chi connectivity index (χ3n) is 3.45. The van der Waals surface area contributed by atoms with Crippen molar-refractivity contribution in [3.63, 3.8) is 0 Å². The van der Waals surface area contributed by atoms with E-state index in [-0.39, 0.29) is 12.0 Å². The van der Waals surface area contributed by atoms with Crippen molar-refractivity contribution in [2.75, 3.05) is 26.2 Å². The van der Waals surface area contributed by atoms with Gasteiger partial charge in [0.25, 0.3) is 0 Å². The first-order chi connectivity index (χ1) is 9.65. The second-order valence-electron chi connectivity index (χ2n) is 5.30. The van der Waals surface area contributed by atoms with Gasteiger partial charge >= 0.3 is 0 Å². The van der Waals surface area contributed by atoms with E-state index < -0.39 is 0 Å². The lowest BCUT2D eigenvalue weighted by Crippen LogP contribution is -2.47. The lowest BCUT2D eigenvalue weighted by Gasteiger charge is -2.35. The zero-order valence-corrected chi connectivity index (χ0v) is 12.2. The van der Waals surface area contributed by atoms with E-state index in [2.05, 4.69) is 34.4 Å². The highest BCUT2D eigenvalue weighted by atomic mass is 16.5. The number of nitrogens with one attached hydrogen (secondary N) is 1. The topological polar surface area (TPSA) is 72.3 Å². The number of carbonyl (C=O) groups is 1. The Morgan fingerprint density at radius 1 is 1.55 bits per heavy atom. The van der Waals surface area contributed by atoms with Crippen LogP contribution in [0.15, 0.2) is 12.4 Å². The summed E-state index contributed by atoms with van der Waals surface area (Å²) in [6.07, 6.45) is 3.81. The minimum atomic E-state index is -0.00230. The Bertz CT molecular complexity index is 407. The number of morpholine rings is 1. The Morgan fingerprint density at radius 3 is 3.10 bits per heavy atom. The number of hydrogen-bond donors (Lipinski definition) is 1. The first-order valence-electron chi connectivity index (χ1n) is 7.11. The van der Waals surface area contributed by atoms with Crippen LogP contribution < -0.4 is 5.32 Å². The highest BCUT2D eigenvalue weighted by molar-refractivity contribution is 5.76. The molecule has 1 atom stereocenters. The fraction of sp³-hybridized carbons (Fsp3) is 0.769. The van der Waals surface area contributed by atoms with Crippen molar-refractivity contribution in [1.82, 2.24) is 25.2 Å². The van der Waals surface area contributed by atoms with Crippen LogP contribution in [0.4, 0.5) is 0 Å². The summed E-state index contributed by atoms with van der Waals surface area (Å²) in [7, 11) is 0. The molecule has 0 bridgehead atoms. The average Bonchev–Trinajstić information content (AvgIpc) is 2.92. The Kier molecular flexibility index (Phi) is 5.49. The van der Waals surface area contributed by atoms with Gasteiger partial charge in [-0.1, -0.05) is 5.21 Å². The van der Waals surface area contributed by atoms with Crippen molar-refractivity contribution < 1.29 is 9.53 Å². The molecule has 0 saturated carbocycles. The van der Waals surface area contributed by atoms with E-state index in [1.54, 1.807) is 17.1 Å². The standard InChI is InChI=1S/C13H23N5O2/c1-11(2)17-7-8-20-12(10-17)9-13(19)14-3-5-18-6-4-15-16-18/h4,6,11-12H,3,5,7-10H2,1-2H3,(H,14,19)/t12-/m0/s1. The minimum Gasteiger partial charge on any atom is -0.375 e. The summed E-state index contributed by atoms with van der Waals surface area (Å²) in [5, 5.41) is 10.4. The van der Waals surface area contributed by atoms with Gasteiger partial charge in [0.1, 0.15) is 0 Å². The molecule has 1 aliphatic heterocycles. The number of nitrogens with zero attached hydrogens (tertiary/aromatic N) is 4. The van der Waals surface area contributed by atoms with E-state index in [9.17, 15) is 4.79 Å². The van der Waals surface area contributed by atoms with Crippen LogP contribution in [-0.2, 0) is 16.1 Å². The molecule has 7 heteroatoms. The van der Waals surface area contributed by atoms with Crippen LogP contribution in [0.3, 0.4) is 0 Å². The molecular weight excluding hydrogens is 258 g/mol. The molecule has 2 heterocycles. The molecule has 1 N–H and O–H groups in total. The summed E-state index contributed by atoms with van der Waals surface area (Å²) in [6.45, 7) is 8.00. The fourth-order valence-electron chi connectivity index (χ4n) is 2.28. The van der Waals surface area contributed by atoms with Crippen molar-refractivity contribution in [1.29, 1.82) is 0 Å². The lowest BCUT2D eigenvalue weighted by molar-refractivity contribution is -0.126. The molecule has 0 unspecified atom stereocenters. The van der Waals surface area contributed by atoms with E-state index in [4.69, 9.17) is 4.74 Å². The van der Waals surface area contributed by atoms with Crippen LogP contribution in [0.2, 0.25) is 0 Å². The zero-order chi connectivity index (χ0) is 14.4. The second kappa shape index (κ2) is 7.35. The molecule has 112 valence electrons. The summed E-state index contributed by atoms with van der Waals surface area (Å²) in [4.78, 5) is 14.2. The number of rotatable bonds is 6. The van der Waals surface area contributed by atoms with E-state index in [0.29, 0.717) is 32.2 Å². The quantitative estimate of drug-likeness (QED) is 0.788. The summed E-state index contributed by atoms with van der Waals surface area (Å²) in [5.74, 6) is 0.0284. The van der Waals surface area contributed by atoms with Crippen molar-refractivity contribution in [3.8, 4) is 0 Å². The first-order valence-corrected chi connectivity index (χ1v) is 7.11. The van der Waals surface area contributed by atoms with Crippen LogP contribution in [-0.4, -0.2) is 64.2 Å². The average molecular weight is 281 g/mol. The van der Waals surface area contributed by atoms with E-state index in [0.717, 1.165) is 13.1 Å². The molecule has 0 aromatic carbocycles. The number of ether oxygens (including phenoxy) is 1. The predicted molar refractivity (Wildman–Crippen MR) is 74.1 cm³/mol. The Hall–Kier alpha value is -1.47. The largest absolute Gasteiger partial charge is 0.375 e. The molecule has 0 aliphatic carbocycles. The molecule has 2 rings (SSSR count). The summed E-state index contributed by atoms with van der Waals surface area (Å²) in [6, 6.07) is 0.497. The van der Waals surface area contributed by atoms with Crippen LogP contribution in [0, 0.1) is 0 Å². The zero-order valence-electron chi connectivity index (χ0n) is 12.2. The van der Waals surface area contributed by atoms with Gasteiger partial charge in [0.15, 0.2) is 0 Å².